The molecular weight excluding hydrogens is 426 g/mol. The number of nitrogens with one attached hydrogen (secondary N) is 1. The summed E-state index contributed by atoms with van der Waals surface area (Å²) in [7, 11) is 0. The Bertz CT molecular complexity index is 907. The molecule has 1 aromatic carbocycles. The van der Waals surface area contributed by atoms with Crippen LogP contribution < -0.4 is 4.90 Å². The van der Waals surface area contributed by atoms with Crippen LogP contribution in [0, 0.1) is 23.2 Å². The van der Waals surface area contributed by atoms with Gasteiger partial charge in [0.1, 0.15) is 17.6 Å². The molecule has 2 heterocycles. The number of benzene rings is 1. The van der Waals surface area contributed by atoms with E-state index < -0.39 is 11.7 Å². The van der Waals surface area contributed by atoms with Gasteiger partial charge in [-0.3, -0.25) is 4.79 Å². The summed E-state index contributed by atoms with van der Waals surface area (Å²) >= 11 is 6.00. The third kappa shape index (κ3) is 3.53. The lowest BCUT2D eigenvalue weighted by atomic mass is 9.55. The highest BCUT2D eigenvalue weighted by Gasteiger charge is 2.60. The zero-order chi connectivity index (χ0) is 22.7. The lowest BCUT2D eigenvalue weighted by Gasteiger charge is -2.51. The second-order valence-corrected chi connectivity index (χ2v) is 11.2. The van der Waals surface area contributed by atoms with Crippen LogP contribution in [0.2, 0.25) is 5.02 Å². The minimum absolute atomic E-state index is 0.144. The van der Waals surface area contributed by atoms with Crippen LogP contribution >= 0.6 is 11.6 Å². The zero-order valence-corrected chi connectivity index (χ0v) is 19.8. The normalized spacial score (nSPS) is 43.8. The molecular formula is C26H35ClNO4+. The van der Waals surface area contributed by atoms with Crippen LogP contribution in [0.3, 0.4) is 0 Å². The molecule has 0 bridgehead atoms. The summed E-state index contributed by atoms with van der Waals surface area (Å²) < 4.78 is 5.83. The highest BCUT2D eigenvalue weighted by molar-refractivity contribution is 6.30. The summed E-state index contributed by atoms with van der Waals surface area (Å²) in [5, 5.41) is 23.4. The first-order valence-corrected chi connectivity index (χ1v) is 12.5. The van der Waals surface area contributed by atoms with E-state index in [1.807, 2.05) is 24.3 Å². The average molecular weight is 461 g/mol. The van der Waals surface area contributed by atoms with Gasteiger partial charge in [0.25, 0.3) is 0 Å². The lowest BCUT2D eigenvalue weighted by molar-refractivity contribution is -0.910. The predicted octanol–water partition coefficient (Wildman–Crippen LogP) is 2.49. The van der Waals surface area contributed by atoms with E-state index >= 15 is 0 Å². The van der Waals surface area contributed by atoms with Crippen molar-refractivity contribution in [3.05, 3.63) is 46.5 Å². The average Bonchev–Trinajstić information content (AvgIpc) is 3.07. The quantitative estimate of drug-likeness (QED) is 0.478. The SMILES string of the molecule is C[C@@H]1CCC=C2C[C@H]3OC(=O)[C@H](C[NH+]4CCC(O)(c5ccc(Cl)cc5)CC4)[C@H]3[C@@H](O)[C@@]21C. The fourth-order valence-corrected chi connectivity index (χ4v) is 7.00. The molecule has 32 heavy (non-hydrogen) atoms. The number of carbonyl (C=O) groups excluding carboxylic acids is 1. The Morgan fingerprint density at radius 2 is 1.91 bits per heavy atom. The second-order valence-electron chi connectivity index (χ2n) is 10.8. The van der Waals surface area contributed by atoms with Crippen LogP contribution in [0.1, 0.15) is 51.5 Å². The maximum Gasteiger partial charge on any atom is 0.315 e. The Morgan fingerprint density at radius 3 is 2.59 bits per heavy atom. The predicted molar refractivity (Wildman–Crippen MR) is 122 cm³/mol. The largest absolute Gasteiger partial charge is 0.461 e. The van der Waals surface area contributed by atoms with Crippen molar-refractivity contribution in [2.24, 2.45) is 23.2 Å². The van der Waals surface area contributed by atoms with Crippen molar-refractivity contribution in [1.29, 1.82) is 0 Å². The van der Waals surface area contributed by atoms with Gasteiger partial charge >= 0.3 is 5.97 Å². The molecule has 174 valence electrons. The van der Waals surface area contributed by atoms with Crippen LogP contribution in [0.5, 0.6) is 0 Å². The monoisotopic (exact) mass is 460 g/mol. The van der Waals surface area contributed by atoms with Gasteiger partial charge in [0, 0.05) is 35.6 Å². The van der Waals surface area contributed by atoms with Gasteiger partial charge in [-0.1, -0.05) is 49.2 Å². The summed E-state index contributed by atoms with van der Waals surface area (Å²) in [5.74, 6) is -0.180. The summed E-state index contributed by atoms with van der Waals surface area (Å²) in [4.78, 5) is 14.2. The van der Waals surface area contributed by atoms with Gasteiger partial charge in [-0.05, 0) is 36.5 Å². The maximum absolute atomic E-state index is 12.9. The zero-order valence-electron chi connectivity index (χ0n) is 19.0. The van der Waals surface area contributed by atoms with Gasteiger partial charge in [-0.2, -0.15) is 0 Å². The topological polar surface area (TPSA) is 71.2 Å². The number of aliphatic hydroxyl groups is 2. The van der Waals surface area contributed by atoms with Crippen LogP contribution in [0.4, 0.5) is 0 Å². The Labute approximate surface area is 195 Å². The number of likely N-dealkylation sites (tertiary alicyclic amines) is 1. The molecule has 4 aliphatic rings. The van der Waals surface area contributed by atoms with E-state index in [2.05, 4.69) is 19.9 Å². The molecule has 6 heteroatoms. The van der Waals surface area contributed by atoms with Gasteiger partial charge < -0.3 is 19.8 Å². The Morgan fingerprint density at radius 1 is 1.22 bits per heavy atom. The van der Waals surface area contributed by atoms with Gasteiger partial charge in [0.2, 0.25) is 0 Å². The number of aliphatic hydroxyl groups excluding tert-OH is 1. The fraction of sp³-hybridized carbons (Fsp3) is 0.654. The van der Waals surface area contributed by atoms with Crippen LogP contribution in [-0.2, 0) is 15.1 Å². The highest BCUT2D eigenvalue weighted by Crippen LogP contribution is 2.55. The van der Waals surface area contributed by atoms with Crippen LogP contribution in [0.25, 0.3) is 0 Å². The standard InChI is InChI=1S/C26H34ClNO4/c1-16-4-3-5-18-14-21-22(23(29)25(16,18)2)20(24(30)32-21)15-28-12-10-26(31,11-13-28)17-6-8-19(27)9-7-17/h5-9,16,20-23,29,31H,3-4,10-15H2,1-2H3/p+1/t16-,20-,21-,22-,23-,25-/m1/s1. The number of esters is 1. The van der Waals surface area contributed by atoms with E-state index in [0.717, 1.165) is 37.9 Å². The number of carbonyl (C=O) groups is 1. The molecule has 6 atom stereocenters. The minimum Gasteiger partial charge on any atom is -0.461 e. The lowest BCUT2D eigenvalue weighted by Crippen LogP contribution is -3.14. The van der Waals surface area contributed by atoms with Gasteiger partial charge in [0.05, 0.1) is 25.7 Å². The van der Waals surface area contributed by atoms with Gasteiger partial charge in [0.15, 0.2) is 0 Å². The number of piperidine rings is 1. The molecule has 2 aliphatic carbocycles. The van der Waals surface area contributed by atoms with Crippen LogP contribution in [0.15, 0.2) is 35.9 Å². The minimum atomic E-state index is -0.845. The number of ether oxygens (including phenoxy) is 1. The molecule has 0 spiro atoms. The Hall–Kier alpha value is -1.40. The first kappa shape index (κ1) is 22.4. The number of hydrogen-bond donors (Lipinski definition) is 3. The number of hydrogen-bond acceptors (Lipinski definition) is 4. The Balaban J connectivity index is 1.29. The summed E-state index contributed by atoms with van der Waals surface area (Å²) in [6.45, 7) is 6.65. The molecule has 5 nitrogen and oxygen atoms in total. The molecule has 5 rings (SSSR count). The van der Waals surface area contributed by atoms with E-state index in [-0.39, 0.29) is 29.3 Å². The molecule has 2 saturated heterocycles. The number of allylic oxidation sites excluding steroid dienone is 1. The van der Waals surface area contributed by atoms with Crippen molar-refractivity contribution >= 4 is 17.6 Å². The van der Waals surface area contributed by atoms with E-state index in [1.54, 1.807) is 0 Å². The third-order valence-corrected chi connectivity index (χ3v) is 9.50. The Kier molecular flexibility index (Phi) is 5.68. The first-order chi connectivity index (χ1) is 15.2. The van der Waals surface area contributed by atoms with Crippen molar-refractivity contribution < 1.29 is 24.6 Å². The smallest absolute Gasteiger partial charge is 0.315 e. The van der Waals surface area contributed by atoms with Crippen molar-refractivity contribution in [1.82, 2.24) is 0 Å². The summed E-state index contributed by atoms with van der Waals surface area (Å²) in [6, 6.07) is 7.45. The third-order valence-electron chi connectivity index (χ3n) is 9.24. The highest BCUT2D eigenvalue weighted by atomic mass is 35.5. The van der Waals surface area contributed by atoms with Crippen molar-refractivity contribution in [2.45, 2.75) is 63.8 Å². The molecule has 0 radical (unpaired) electrons. The first-order valence-electron chi connectivity index (χ1n) is 12.1. The van der Waals surface area contributed by atoms with Crippen molar-refractivity contribution in [2.75, 3.05) is 19.6 Å². The van der Waals surface area contributed by atoms with Crippen molar-refractivity contribution in [3.8, 4) is 0 Å². The second kappa shape index (κ2) is 8.12. The number of fused-ring (bicyclic) bond motifs is 2. The number of rotatable bonds is 3. The van der Waals surface area contributed by atoms with Gasteiger partial charge in [-0.15, -0.1) is 0 Å². The molecule has 2 aliphatic heterocycles. The van der Waals surface area contributed by atoms with Gasteiger partial charge in [-0.25, -0.2) is 0 Å². The van der Waals surface area contributed by atoms with E-state index in [1.165, 1.54) is 10.5 Å². The molecule has 0 aromatic heterocycles. The molecule has 3 N–H and O–H groups in total. The summed E-state index contributed by atoms with van der Waals surface area (Å²) in [6.07, 6.45) is 5.67. The molecule has 3 fully saturated rings. The number of halogens is 1. The fourth-order valence-electron chi connectivity index (χ4n) is 6.88. The molecule has 1 aromatic rings. The summed E-state index contributed by atoms with van der Waals surface area (Å²) in [5.41, 5.74) is 1.07. The van der Waals surface area contributed by atoms with Crippen molar-refractivity contribution in [3.63, 3.8) is 0 Å². The van der Waals surface area contributed by atoms with Crippen LogP contribution in [-0.4, -0.2) is 48.0 Å². The molecule has 0 unspecified atom stereocenters. The molecule has 1 saturated carbocycles. The molecule has 0 amide bonds. The van der Waals surface area contributed by atoms with E-state index in [0.29, 0.717) is 30.3 Å². The van der Waals surface area contributed by atoms with E-state index in [4.69, 9.17) is 16.3 Å². The van der Waals surface area contributed by atoms with E-state index in [9.17, 15) is 15.0 Å². The number of quaternary nitrogens is 1. The maximum atomic E-state index is 12.9.